The van der Waals surface area contributed by atoms with Gasteiger partial charge in [0.05, 0.1) is 16.7 Å². The minimum atomic E-state index is -3.79. The summed E-state index contributed by atoms with van der Waals surface area (Å²) in [5.74, 6) is -0.270. The van der Waals surface area contributed by atoms with Gasteiger partial charge >= 0.3 is 5.97 Å². The van der Waals surface area contributed by atoms with Crippen LogP contribution < -0.4 is 9.57 Å². The van der Waals surface area contributed by atoms with Gasteiger partial charge in [-0.1, -0.05) is 51.8 Å². The van der Waals surface area contributed by atoms with E-state index in [2.05, 4.69) is 25.9 Å². The predicted octanol–water partition coefficient (Wildman–Crippen LogP) is 4.29. The summed E-state index contributed by atoms with van der Waals surface area (Å²) >= 11 is 3.34. The Hall–Kier alpha value is -2.97. The van der Waals surface area contributed by atoms with Crippen LogP contribution in [0, 0.1) is 6.92 Å². The van der Waals surface area contributed by atoms with Crippen LogP contribution in [0.5, 0.6) is 5.75 Å². The van der Waals surface area contributed by atoms with Crippen molar-refractivity contribution in [3.05, 3.63) is 94.0 Å². The fourth-order valence-corrected chi connectivity index (χ4v) is 3.57. The molecule has 3 aromatic carbocycles. The van der Waals surface area contributed by atoms with E-state index in [1.165, 1.54) is 18.3 Å². The monoisotopic (exact) mass is 472 g/mol. The van der Waals surface area contributed by atoms with Crippen LogP contribution in [0.25, 0.3) is 0 Å². The largest absolute Gasteiger partial charge is 0.422 e. The van der Waals surface area contributed by atoms with Crippen molar-refractivity contribution in [2.24, 2.45) is 5.10 Å². The first kappa shape index (κ1) is 20.8. The highest BCUT2D eigenvalue weighted by atomic mass is 79.9. The molecule has 148 valence electrons. The molecule has 1 N–H and O–H groups in total. The quantitative estimate of drug-likeness (QED) is 0.251. The van der Waals surface area contributed by atoms with Gasteiger partial charge < -0.3 is 4.74 Å². The summed E-state index contributed by atoms with van der Waals surface area (Å²) in [6.45, 7) is 1.93. The lowest BCUT2D eigenvalue weighted by Gasteiger charge is -2.08. The van der Waals surface area contributed by atoms with Crippen LogP contribution >= 0.6 is 15.9 Å². The van der Waals surface area contributed by atoms with Crippen LogP contribution in [0.4, 0.5) is 0 Å². The molecule has 0 unspecified atom stereocenters. The number of hydrazone groups is 1. The Labute approximate surface area is 177 Å². The van der Waals surface area contributed by atoms with Crippen LogP contribution in [0.1, 0.15) is 21.5 Å². The number of nitrogens with one attached hydrogen (secondary N) is 1. The van der Waals surface area contributed by atoms with E-state index >= 15 is 0 Å². The summed E-state index contributed by atoms with van der Waals surface area (Å²) in [7, 11) is -3.79. The van der Waals surface area contributed by atoms with Crippen molar-refractivity contribution in [1.82, 2.24) is 4.83 Å². The van der Waals surface area contributed by atoms with Gasteiger partial charge in [0, 0.05) is 10.0 Å². The molecule has 0 radical (unpaired) electrons. The number of carbonyl (C=O) groups excluding carboxylic acids is 1. The maximum atomic E-state index is 12.4. The van der Waals surface area contributed by atoms with Gasteiger partial charge in [0.25, 0.3) is 10.0 Å². The molecule has 0 aliphatic carbocycles. The van der Waals surface area contributed by atoms with E-state index in [1.807, 2.05) is 19.1 Å². The van der Waals surface area contributed by atoms with Crippen LogP contribution in [0.2, 0.25) is 0 Å². The molecule has 0 heterocycles. The smallest absolute Gasteiger partial charge is 0.343 e. The molecule has 3 aromatic rings. The van der Waals surface area contributed by atoms with Crippen molar-refractivity contribution in [2.75, 3.05) is 0 Å². The molecular formula is C21H17BrN2O4S. The summed E-state index contributed by atoms with van der Waals surface area (Å²) in [5, 5.41) is 3.81. The Morgan fingerprint density at radius 2 is 1.72 bits per heavy atom. The number of hydrogen-bond acceptors (Lipinski definition) is 5. The minimum absolute atomic E-state index is 0.0948. The molecular weight excluding hydrogens is 456 g/mol. The molecule has 0 bridgehead atoms. The van der Waals surface area contributed by atoms with Crippen molar-refractivity contribution in [2.45, 2.75) is 11.8 Å². The Morgan fingerprint density at radius 3 is 2.41 bits per heavy atom. The van der Waals surface area contributed by atoms with E-state index in [0.29, 0.717) is 11.1 Å². The Kier molecular flexibility index (Phi) is 6.46. The Bertz CT molecular complexity index is 1150. The van der Waals surface area contributed by atoms with E-state index in [1.54, 1.807) is 48.5 Å². The summed E-state index contributed by atoms with van der Waals surface area (Å²) in [6, 6.07) is 19.9. The Morgan fingerprint density at radius 1 is 1.03 bits per heavy atom. The van der Waals surface area contributed by atoms with E-state index in [4.69, 9.17) is 4.74 Å². The molecule has 3 rings (SSSR count). The van der Waals surface area contributed by atoms with Gasteiger partial charge in [-0.3, -0.25) is 0 Å². The maximum Gasteiger partial charge on any atom is 0.343 e. The molecule has 0 saturated heterocycles. The topological polar surface area (TPSA) is 84.8 Å². The van der Waals surface area contributed by atoms with E-state index in [0.717, 1.165) is 10.0 Å². The average Bonchev–Trinajstić information content (AvgIpc) is 2.71. The first-order valence-corrected chi connectivity index (χ1v) is 10.8. The van der Waals surface area contributed by atoms with Crippen LogP contribution in [0.15, 0.2) is 87.3 Å². The number of benzene rings is 3. The SMILES string of the molecule is Cc1ccc(C(=O)Oc2ccc(Br)cc2C=NNS(=O)(=O)c2ccccc2)cc1. The first-order valence-electron chi connectivity index (χ1n) is 8.53. The molecule has 0 fully saturated rings. The van der Waals surface area contributed by atoms with Crippen molar-refractivity contribution in [3.8, 4) is 5.75 Å². The van der Waals surface area contributed by atoms with Crippen LogP contribution in [0.3, 0.4) is 0 Å². The second-order valence-corrected chi connectivity index (χ2v) is 8.68. The number of carbonyl (C=O) groups is 1. The van der Waals surface area contributed by atoms with Crippen molar-refractivity contribution in [3.63, 3.8) is 0 Å². The van der Waals surface area contributed by atoms with Crippen molar-refractivity contribution < 1.29 is 17.9 Å². The molecule has 6 nitrogen and oxygen atoms in total. The van der Waals surface area contributed by atoms with E-state index in [9.17, 15) is 13.2 Å². The average molecular weight is 473 g/mol. The minimum Gasteiger partial charge on any atom is -0.422 e. The third-order valence-electron chi connectivity index (χ3n) is 3.89. The molecule has 0 aliphatic rings. The molecule has 0 atom stereocenters. The molecule has 0 amide bonds. The summed E-state index contributed by atoms with van der Waals surface area (Å²) in [6.07, 6.45) is 1.28. The Balaban J connectivity index is 1.79. The number of hydrogen-bond donors (Lipinski definition) is 1. The zero-order valence-corrected chi connectivity index (χ0v) is 17.8. The van der Waals surface area contributed by atoms with Gasteiger partial charge in [-0.25, -0.2) is 9.63 Å². The van der Waals surface area contributed by atoms with Gasteiger partial charge in [0.1, 0.15) is 5.75 Å². The lowest BCUT2D eigenvalue weighted by molar-refractivity contribution is 0.0734. The van der Waals surface area contributed by atoms with E-state index in [-0.39, 0.29) is 10.6 Å². The molecule has 0 spiro atoms. The number of ether oxygens (including phenoxy) is 1. The van der Waals surface area contributed by atoms with Gasteiger partial charge in [0.15, 0.2) is 0 Å². The van der Waals surface area contributed by atoms with Crippen molar-refractivity contribution >= 4 is 38.1 Å². The predicted molar refractivity (Wildman–Crippen MR) is 115 cm³/mol. The first-order chi connectivity index (χ1) is 13.8. The normalized spacial score (nSPS) is 11.4. The molecule has 0 aliphatic heterocycles. The fraction of sp³-hybridized carbons (Fsp3) is 0.0476. The number of nitrogens with zero attached hydrogens (tertiary/aromatic N) is 1. The molecule has 8 heteroatoms. The summed E-state index contributed by atoms with van der Waals surface area (Å²) in [4.78, 5) is 14.6. The highest BCUT2D eigenvalue weighted by Gasteiger charge is 2.13. The highest BCUT2D eigenvalue weighted by molar-refractivity contribution is 9.10. The molecule has 29 heavy (non-hydrogen) atoms. The van der Waals surface area contributed by atoms with Gasteiger partial charge in [-0.05, 0) is 49.4 Å². The number of sulfonamides is 1. The zero-order chi connectivity index (χ0) is 20.9. The standard InChI is InChI=1S/C21H17BrN2O4S/c1-15-7-9-16(10-8-15)21(25)28-20-12-11-18(22)13-17(20)14-23-24-29(26,27)19-5-3-2-4-6-19/h2-14,24H,1H3. The summed E-state index contributed by atoms with van der Waals surface area (Å²) in [5.41, 5.74) is 1.87. The van der Waals surface area contributed by atoms with Crippen LogP contribution in [-0.2, 0) is 10.0 Å². The van der Waals surface area contributed by atoms with Gasteiger partial charge in [-0.15, -0.1) is 0 Å². The second kappa shape index (κ2) is 9.02. The molecule has 0 saturated carbocycles. The third kappa shape index (κ3) is 5.52. The number of halogens is 1. The lowest BCUT2D eigenvalue weighted by Crippen LogP contribution is -2.18. The van der Waals surface area contributed by atoms with Crippen molar-refractivity contribution in [1.29, 1.82) is 0 Å². The highest BCUT2D eigenvalue weighted by Crippen LogP contribution is 2.23. The van der Waals surface area contributed by atoms with Gasteiger partial charge in [-0.2, -0.15) is 13.5 Å². The van der Waals surface area contributed by atoms with E-state index < -0.39 is 16.0 Å². The number of esters is 1. The second-order valence-electron chi connectivity index (χ2n) is 6.10. The van der Waals surface area contributed by atoms with Crippen LogP contribution in [-0.4, -0.2) is 20.6 Å². The van der Waals surface area contributed by atoms with Gasteiger partial charge in [0.2, 0.25) is 0 Å². The number of aryl methyl sites for hydroxylation is 1. The molecule has 0 aromatic heterocycles. The lowest BCUT2D eigenvalue weighted by atomic mass is 10.1. The summed E-state index contributed by atoms with van der Waals surface area (Å²) < 4.78 is 30.7. The third-order valence-corrected chi connectivity index (χ3v) is 5.62. The number of rotatable bonds is 6. The fourth-order valence-electron chi connectivity index (χ4n) is 2.38. The maximum absolute atomic E-state index is 12.4. The zero-order valence-electron chi connectivity index (χ0n) is 15.4.